The molecule has 5 heteroatoms. The number of fused-ring (bicyclic) bond motifs is 3. The molecule has 0 fully saturated rings. The first-order chi connectivity index (χ1) is 17.4. The monoisotopic (exact) mass is 693 g/mol. The number of nitrogens with zero attached hydrogens (tertiary/aromatic N) is 2. The molecule has 0 saturated heterocycles. The Kier molecular flexibility index (Phi) is 8.51. The molecule has 3 aromatic heterocycles. The van der Waals surface area contributed by atoms with E-state index in [9.17, 15) is 0 Å². The van der Waals surface area contributed by atoms with Crippen LogP contribution in [0, 0.1) is 19.1 Å². The van der Waals surface area contributed by atoms with Gasteiger partial charge in [-0.25, -0.2) is 0 Å². The number of hydrogen-bond acceptors (Lipinski definition) is 3. The summed E-state index contributed by atoms with van der Waals surface area (Å²) in [7, 11) is -1.30. The Morgan fingerprint density at radius 1 is 0.757 bits per heavy atom. The summed E-state index contributed by atoms with van der Waals surface area (Å²) in [5.41, 5.74) is 5.31. The van der Waals surface area contributed by atoms with Gasteiger partial charge in [-0.1, -0.05) is 66.6 Å². The molecule has 0 atom stereocenters. The maximum absolute atomic E-state index is 4.51. The first-order valence-electron chi connectivity index (χ1n) is 12.1. The predicted molar refractivity (Wildman–Crippen MR) is 158 cm³/mol. The molecular weight excluding hydrogens is 665 g/mol. The van der Waals surface area contributed by atoms with Crippen molar-refractivity contribution in [1.82, 2.24) is 9.97 Å². The van der Waals surface area contributed by atoms with E-state index in [4.69, 9.17) is 0 Å². The van der Waals surface area contributed by atoms with Crippen molar-refractivity contribution in [2.45, 2.75) is 26.6 Å². The van der Waals surface area contributed by atoms with E-state index in [1.807, 2.05) is 79.2 Å². The van der Waals surface area contributed by atoms with Crippen molar-refractivity contribution >= 4 is 44.8 Å². The van der Waals surface area contributed by atoms with E-state index in [0.29, 0.717) is 0 Å². The molecule has 37 heavy (non-hydrogen) atoms. The number of thiophene rings is 1. The van der Waals surface area contributed by atoms with E-state index in [1.54, 1.807) is 0 Å². The van der Waals surface area contributed by atoms with Gasteiger partial charge >= 0.3 is 0 Å². The van der Waals surface area contributed by atoms with Crippen molar-refractivity contribution in [2.75, 3.05) is 0 Å². The number of pyridine rings is 2. The largest absolute Gasteiger partial charge is 0.305 e. The molecular formula is C32H28IrN2SSi-2. The summed E-state index contributed by atoms with van der Waals surface area (Å²) in [6, 6.07) is 35.7. The molecule has 2 nitrogen and oxygen atoms in total. The molecule has 0 N–H and O–H groups in total. The Labute approximate surface area is 237 Å². The maximum Gasteiger partial charge on any atom is 0.0776 e. The first kappa shape index (κ1) is 27.1. The minimum atomic E-state index is -1.30. The van der Waals surface area contributed by atoms with Crippen LogP contribution in [0.5, 0.6) is 0 Å². The normalized spacial score (nSPS) is 11.0. The van der Waals surface area contributed by atoms with Crippen LogP contribution in [-0.4, -0.2) is 18.0 Å². The Balaban J connectivity index is 0.000000195. The second-order valence-corrected chi connectivity index (χ2v) is 16.0. The zero-order valence-electron chi connectivity index (χ0n) is 21.4. The molecule has 0 bridgehead atoms. The Hall–Kier alpha value is -2.95. The van der Waals surface area contributed by atoms with Crippen LogP contribution in [0.4, 0.5) is 0 Å². The molecule has 0 aliphatic carbocycles. The van der Waals surface area contributed by atoms with Gasteiger partial charge in [0.25, 0.3) is 0 Å². The Morgan fingerprint density at radius 3 is 2.27 bits per heavy atom. The van der Waals surface area contributed by atoms with Crippen LogP contribution >= 0.6 is 11.3 Å². The molecule has 0 unspecified atom stereocenters. The van der Waals surface area contributed by atoms with Crippen LogP contribution < -0.4 is 5.19 Å². The van der Waals surface area contributed by atoms with Crippen LogP contribution in [0.25, 0.3) is 42.7 Å². The molecule has 6 aromatic rings. The van der Waals surface area contributed by atoms with E-state index in [2.05, 4.69) is 78.1 Å². The standard InChI is InChI=1S/C20H18NSSi.C12H10N.Ir/c1-23(2,3)14-10-11-19-17(13-14)15-7-6-8-16(20(15)22-19)18-9-4-5-12-21-18;1-10-7-8-12(13-9-10)11-5-3-2-4-6-11;/h4-7,9-13H,1-3H3;2-5,7-9H,1H3;/q2*-1;. The topological polar surface area (TPSA) is 25.8 Å². The van der Waals surface area contributed by atoms with Crippen molar-refractivity contribution < 1.29 is 20.1 Å². The third-order valence-corrected chi connectivity index (χ3v) is 9.36. The van der Waals surface area contributed by atoms with E-state index >= 15 is 0 Å². The van der Waals surface area contributed by atoms with Crippen LogP contribution in [0.1, 0.15) is 5.56 Å². The summed E-state index contributed by atoms with van der Waals surface area (Å²) in [4.78, 5) is 8.83. The molecule has 0 saturated carbocycles. The van der Waals surface area contributed by atoms with Gasteiger partial charge in [0, 0.05) is 37.2 Å². The summed E-state index contributed by atoms with van der Waals surface area (Å²) in [5.74, 6) is 0. The Bertz CT molecular complexity index is 1610. The number of aryl methyl sites for hydroxylation is 1. The fraction of sp³-hybridized carbons (Fsp3) is 0.125. The van der Waals surface area contributed by atoms with E-state index in [1.165, 1.54) is 30.9 Å². The third-order valence-electron chi connectivity index (χ3n) is 6.11. The molecule has 3 aromatic carbocycles. The van der Waals surface area contributed by atoms with Crippen molar-refractivity contribution in [1.29, 1.82) is 0 Å². The number of hydrogen-bond donors (Lipinski definition) is 0. The number of rotatable bonds is 3. The SMILES string of the molecule is C[Si](C)(C)c1ccc2sc3c(-c4ccccn4)[c-]ccc3c2c1.Cc1ccc(-c2[c-]cccc2)nc1.[Ir]. The molecule has 1 radical (unpaired) electrons. The Morgan fingerprint density at radius 2 is 1.59 bits per heavy atom. The molecule has 0 aliphatic rings. The minimum absolute atomic E-state index is 0. The van der Waals surface area contributed by atoms with Gasteiger partial charge in [-0.05, 0) is 46.1 Å². The quantitative estimate of drug-likeness (QED) is 0.138. The second kappa shape index (κ2) is 11.6. The average molecular weight is 693 g/mol. The average Bonchev–Trinajstić information content (AvgIpc) is 3.28. The van der Waals surface area contributed by atoms with Crippen LogP contribution in [0.2, 0.25) is 19.6 Å². The third kappa shape index (κ3) is 6.14. The van der Waals surface area contributed by atoms with Gasteiger partial charge < -0.3 is 9.97 Å². The van der Waals surface area contributed by atoms with Gasteiger partial charge in [0.2, 0.25) is 0 Å². The summed E-state index contributed by atoms with van der Waals surface area (Å²) in [6.07, 6.45) is 3.72. The van der Waals surface area contributed by atoms with Gasteiger partial charge in [0.1, 0.15) is 0 Å². The molecule has 6 rings (SSSR count). The van der Waals surface area contributed by atoms with Crippen molar-refractivity contribution in [3.8, 4) is 22.5 Å². The van der Waals surface area contributed by atoms with Crippen LogP contribution in [0.3, 0.4) is 0 Å². The number of aromatic nitrogens is 2. The van der Waals surface area contributed by atoms with Crippen molar-refractivity contribution in [2.24, 2.45) is 0 Å². The van der Waals surface area contributed by atoms with E-state index < -0.39 is 8.07 Å². The fourth-order valence-electron chi connectivity index (χ4n) is 4.09. The summed E-state index contributed by atoms with van der Waals surface area (Å²) >= 11 is 1.85. The van der Waals surface area contributed by atoms with Crippen LogP contribution in [0.15, 0.2) is 97.3 Å². The van der Waals surface area contributed by atoms with Gasteiger partial charge in [0.15, 0.2) is 0 Å². The van der Waals surface area contributed by atoms with E-state index in [0.717, 1.165) is 22.5 Å². The molecule has 0 spiro atoms. The van der Waals surface area contributed by atoms with Gasteiger partial charge in [-0.15, -0.1) is 59.7 Å². The van der Waals surface area contributed by atoms with Crippen LogP contribution in [-0.2, 0) is 20.1 Å². The van der Waals surface area contributed by atoms with E-state index in [-0.39, 0.29) is 20.1 Å². The van der Waals surface area contributed by atoms with Crippen molar-refractivity contribution in [3.05, 3.63) is 115 Å². The van der Waals surface area contributed by atoms with Gasteiger partial charge in [-0.3, -0.25) is 0 Å². The number of benzene rings is 3. The van der Waals surface area contributed by atoms with Gasteiger partial charge in [0.05, 0.1) is 8.07 Å². The molecule has 0 aliphatic heterocycles. The molecule has 187 valence electrons. The summed E-state index contributed by atoms with van der Waals surface area (Å²) < 4.78 is 2.63. The summed E-state index contributed by atoms with van der Waals surface area (Å²) in [5, 5.41) is 4.21. The maximum atomic E-state index is 4.51. The minimum Gasteiger partial charge on any atom is -0.305 e. The predicted octanol–water partition coefficient (Wildman–Crippen LogP) is 8.32. The summed E-state index contributed by atoms with van der Waals surface area (Å²) in [6.45, 7) is 9.23. The zero-order valence-corrected chi connectivity index (χ0v) is 25.6. The van der Waals surface area contributed by atoms with Gasteiger partial charge in [-0.2, -0.15) is 11.3 Å². The molecule has 3 heterocycles. The fourth-order valence-corrected chi connectivity index (χ4v) is 6.44. The first-order valence-corrected chi connectivity index (χ1v) is 16.4. The second-order valence-electron chi connectivity index (χ2n) is 9.87. The van der Waals surface area contributed by atoms with Crippen molar-refractivity contribution in [3.63, 3.8) is 0 Å². The molecule has 0 amide bonds. The smallest absolute Gasteiger partial charge is 0.0776 e. The zero-order chi connectivity index (χ0) is 25.1.